The molecular weight excluding hydrogens is 636 g/mol. The fourth-order valence-electron chi connectivity index (χ4n) is 5.81. The van der Waals surface area contributed by atoms with Crippen LogP contribution >= 0.6 is 0 Å². The predicted octanol–water partition coefficient (Wildman–Crippen LogP) is 1.97. The summed E-state index contributed by atoms with van der Waals surface area (Å²) in [5.41, 5.74) is 1.36. The SMILES string of the molecule is CN(C(=O)C1=CC2OCOC2C(OC(=O)c2ccc(C=CC(=O)OC3C(=O)OCC3(C)C)cc2)C1)C(Cc1ccccc1)C(=O)NCCO. The van der Waals surface area contributed by atoms with Crippen molar-refractivity contribution in [2.24, 2.45) is 5.41 Å². The summed E-state index contributed by atoms with van der Waals surface area (Å²) in [6.45, 7) is 3.47. The van der Waals surface area contributed by atoms with Crippen LogP contribution in [0.1, 0.15) is 41.8 Å². The molecule has 2 heterocycles. The second kappa shape index (κ2) is 15.6. The molecule has 5 rings (SSSR count). The number of cyclic esters (lactones) is 1. The van der Waals surface area contributed by atoms with E-state index in [9.17, 15) is 29.1 Å². The van der Waals surface area contributed by atoms with Gasteiger partial charge in [-0.15, -0.1) is 0 Å². The molecule has 0 spiro atoms. The Morgan fingerprint density at radius 1 is 1.06 bits per heavy atom. The van der Waals surface area contributed by atoms with Gasteiger partial charge in [0.2, 0.25) is 17.9 Å². The van der Waals surface area contributed by atoms with Crippen molar-refractivity contribution in [2.75, 3.05) is 33.6 Å². The van der Waals surface area contributed by atoms with Gasteiger partial charge in [0.1, 0.15) is 37.8 Å². The third-order valence-electron chi connectivity index (χ3n) is 8.61. The van der Waals surface area contributed by atoms with Gasteiger partial charge in [-0.25, -0.2) is 14.4 Å². The van der Waals surface area contributed by atoms with Gasteiger partial charge in [0.25, 0.3) is 0 Å². The number of nitrogens with one attached hydrogen (secondary N) is 1. The molecule has 0 saturated carbocycles. The molecule has 5 unspecified atom stereocenters. The molecular formula is C36H40N2O11. The van der Waals surface area contributed by atoms with Crippen LogP contribution in [0.2, 0.25) is 0 Å². The van der Waals surface area contributed by atoms with E-state index in [1.54, 1.807) is 32.1 Å². The minimum absolute atomic E-state index is 0.0318. The highest BCUT2D eigenvalue weighted by Crippen LogP contribution is 2.33. The molecule has 13 heteroatoms. The first-order valence-electron chi connectivity index (χ1n) is 16.0. The van der Waals surface area contributed by atoms with Gasteiger partial charge < -0.3 is 39.0 Å². The summed E-state index contributed by atoms with van der Waals surface area (Å²) >= 11 is 0. The molecule has 49 heavy (non-hydrogen) atoms. The molecule has 2 amide bonds. The number of esters is 3. The largest absolute Gasteiger partial charge is 0.462 e. The molecule has 2 N–H and O–H groups in total. The molecule has 2 aromatic rings. The van der Waals surface area contributed by atoms with Crippen molar-refractivity contribution in [1.82, 2.24) is 10.2 Å². The molecule has 2 saturated heterocycles. The Morgan fingerprint density at radius 2 is 1.80 bits per heavy atom. The van der Waals surface area contributed by atoms with Crippen LogP contribution in [-0.4, -0.2) is 104 Å². The van der Waals surface area contributed by atoms with Crippen LogP contribution in [0.25, 0.3) is 6.08 Å². The number of hydrogen-bond acceptors (Lipinski definition) is 11. The Hall–Kier alpha value is -4.85. The van der Waals surface area contributed by atoms with Crippen molar-refractivity contribution in [3.63, 3.8) is 0 Å². The molecule has 0 aromatic heterocycles. The van der Waals surface area contributed by atoms with Crippen molar-refractivity contribution < 1.29 is 52.8 Å². The zero-order chi connectivity index (χ0) is 35.1. The number of rotatable bonds is 12. The van der Waals surface area contributed by atoms with Crippen LogP contribution in [0.5, 0.6) is 0 Å². The van der Waals surface area contributed by atoms with E-state index < -0.39 is 65.6 Å². The summed E-state index contributed by atoms with van der Waals surface area (Å²) in [6, 6.07) is 14.7. The average molecular weight is 677 g/mol. The van der Waals surface area contributed by atoms with Crippen LogP contribution in [0.15, 0.2) is 72.3 Å². The molecule has 1 aliphatic carbocycles. The topological polar surface area (TPSA) is 167 Å². The first-order valence-corrected chi connectivity index (χ1v) is 16.0. The minimum atomic E-state index is -0.992. The van der Waals surface area contributed by atoms with E-state index in [-0.39, 0.29) is 45.0 Å². The Bertz CT molecular complexity index is 1600. The fourth-order valence-corrected chi connectivity index (χ4v) is 5.81. The molecule has 5 atom stereocenters. The van der Waals surface area contributed by atoms with E-state index in [1.807, 2.05) is 30.3 Å². The standard InChI is InChI=1S/C36H40N2O11/c1-36(2)20-45-35(44)31(36)49-29(40)14-11-22-9-12-24(13-10-22)34(43)48-28-19-25(18-27-30(28)47-21-46-27)33(42)38(3)26(32(41)37-15-16-39)17-23-7-5-4-6-8-23/h4-14,18,26-28,30-31,39H,15-17,19-21H2,1-3H3,(H,37,41). The zero-order valence-corrected chi connectivity index (χ0v) is 27.5. The van der Waals surface area contributed by atoms with E-state index in [0.717, 1.165) is 5.56 Å². The first-order chi connectivity index (χ1) is 23.5. The molecule has 260 valence electrons. The highest BCUT2D eigenvalue weighted by Gasteiger charge is 2.46. The van der Waals surface area contributed by atoms with Crippen molar-refractivity contribution in [3.05, 3.63) is 89.0 Å². The lowest BCUT2D eigenvalue weighted by atomic mass is 9.90. The van der Waals surface area contributed by atoms with Gasteiger partial charge in [-0.2, -0.15) is 0 Å². The lowest BCUT2D eigenvalue weighted by Gasteiger charge is -2.33. The molecule has 2 fully saturated rings. The highest BCUT2D eigenvalue weighted by molar-refractivity contribution is 5.97. The number of amides is 2. The molecule has 3 aliphatic rings. The van der Waals surface area contributed by atoms with Gasteiger partial charge in [-0.05, 0) is 35.4 Å². The number of likely N-dealkylation sites (N-methyl/N-ethyl adjacent to an activating group) is 1. The molecule has 2 aromatic carbocycles. The number of carbonyl (C=O) groups is 5. The number of hydrogen-bond donors (Lipinski definition) is 2. The molecule has 0 bridgehead atoms. The number of fused-ring (bicyclic) bond motifs is 1. The fraction of sp³-hybridized carbons (Fsp3) is 0.417. The maximum absolute atomic E-state index is 13.8. The lowest BCUT2D eigenvalue weighted by molar-refractivity contribution is -0.159. The van der Waals surface area contributed by atoms with Gasteiger partial charge in [-0.3, -0.25) is 9.59 Å². The summed E-state index contributed by atoms with van der Waals surface area (Å²) in [6.07, 6.45) is 1.50. The maximum Gasteiger partial charge on any atom is 0.348 e. The first kappa shape index (κ1) is 35.5. The third kappa shape index (κ3) is 8.60. The summed E-state index contributed by atoms with van der Waals surface area (Å²) in [4.78, 5) is 65.7. The summed E-state index contributed by atoms with van der Waals surface area (Å²) in [5, 5.41) is 11.9. The lowest BCUT2D eigenvalue weighted by Crippen LogP contribution is -2.51. The smallest absolute Gasteiger partial charge is 0.348 e. The van der Waals surface area contributed by atoms with E-state index >= 15 is 0 Å². The van der Waals surface area contributed by atoms with Crippen LogP contribution < -0.4 is 5.32 Å². The number of nitrogens with zero attached hydrogens (tertiary/aromatic N) is 1. The Morgan fingerprint density at radius 3 is 2.47 bits per heavy atom. The molecule has 2 aliphatic heterocycles. The van der Waals surface area contributed by atoms with Gasteiger partial charge in [0.05, 0.1) is 12.2 Å². The highest BCUT2D eigenvalue weighted by atomic mass is 16.7. The van der Waals surface area contributed by atoms with Gasteiger partial charge in [-0.1, -0.05) is 56.3 Å². The monoisotopic (exact) mass is 676 g/mol. The van der Waals surface area contributed by atoms with E-state index in [4.69, 9.17) is 23.7 Å². The van der Waals surface area contributed by atoms with Crippen molar-refractivity contribution in [2.45, 2.75) is 57.1 Å². The number of ether oxygens (including phenoxy) is 5. The Kier molecular flexibility index (Phi) is 11.3. The van der Waals surface area contributed by atoms with Crippen molar-refractivity contribution >= 4 is 35.8 Å². The number of aliphatic hydroxyl groups is 1. The molecule has 0 radical (unpaired) electrons. The van der Waals surface area contributed by atoms with Gasteiger partial charge >= 0.3 is 17.9 Å². The van der Waals surface area contributed by atoms with Crippen LogP contribution in [0, 0.1) is 5.41 Å². The normalized spacial score (nSPS) is 23.2. The summed E-state index contributed by atoms with van der Waals surface area (Å²) < 4.78 is 27.5. The van der Waals surface area contributed by atoms with Gasteiger partial charge in [0, 0.05) is 43.5 Å². The second-order valence-electron chi connectivity index (χ2n) is 12.7. The number of carbonyl (C=O) groups excluding carboxylic acids is 5. The van der Waals surface area contributed by atoms with Crippen molar-refractivity contribution in [1.29, 1.82) is 0 Å². The zero-order valence-electron chi connectivity index (χ0n) is 27.5. The number of aliphatic hydroxyl groups excluding tert-OH is 1. The van der Waals surface area contributed by atoms with E-state index in [0.29, 0.717) is 11.1 Å². The summed E-state index contributed by atoms with van der Waals surface area (Å²) in [7, 11) is 1.54. The second-order valence-corrected chi connectivity index (χ2v) is 12.7. The Labute approximate surface area is 283 Å². The predicted molar refractivity (Wildman–Crippen MR) is 173 cm³/mol. The van der Waals surface area contributed by atoms with Crippen LogP contribution in [-0.2, 0) is 49.3 Å². The van der Waals surface area contributed by atoms with Crippen LogP contribution in [0.4, 0.5) is 0 Å². The van der Waals surface area contributed by atoms with E-state index in [2.05, 4.69) is 5.32 Å². The molecule has 13 nitrogen and oxygen atoms in total. The minimum Gasteiger partial charge on any atom is -0.462 e. The van der Waals surface area contributed by atoms with Gasteiger partial charge in [0.15, 0.2) is 0 Å². The van der Waals surface area contributed by atoms with Crippen LogP contribution in [0.3, 0.4) is 0 Å². The number of benzene rings is 2. The third-order valence-corrected chi connectivity index (χ3v) is 8.61. The quantitative estimate of drug-likeness (QED) is 0.192. The summed E-state index contributed by atoms with van der Waals surface area (Å²) in [5.74, 6) is -2.78. The van der Waals surface area contributed by atoms with E-state index in [1.165, 1.54) is 36.2 Å². The van der Waals surface area contributed by atoms with Crippen molar-refractivity contribution in [3.8, 4) is 0 Å². The maximum atomic E-state index is 13.8. The average Bonchev–Trinajstić information content (AvgIpc) is 3.68. The Balaban J connectivity index is 1.23.